The van der Waals surface area contributed by atoms with E-state index < -0.39 is 0 Å². The Morgan fingerprint density at radius 1 is 1.04 bits per heavy atom. The van der Waals surface area contributed by atoms with E-state index in [4.69, 9.17) is 0 Å². The van der Waals surface area contributed by atoms with Gasteiger partial charge in [-0.2, -0.15) is 0 Å². The molecule has 0 bridgehead atoms. The van der Waals surface area contributed by atoms with Gasteiger partial charge < -0.3 is 15.5 Å². The first-order valence-electron chi connectivity index (χ1n) is 9.41. The molecule has 0 amide bonds. The third kappa shape index (κ3) is 8.57. The van der Waals surface area contributed by atoms with Crippen LogP contribution in [-0.4, -0.2) is 51.1 Å². The van der Waals surface area contributed by atoms with Crippen molar-refractivity contribution in [3.63, 3.8) is 0 Å². The maximum atomic E-state index is 4.35. The van der Waals surface area contributed by atoms with Crippen LogP contribution in [0.1, 0.15) is 57.8 Å². The lowest BCUT2D eigenvalue weighted by molar-refractivity contribution is 0.210. The van der Waals surface area contributed by atoms with Gasteiger partial charge in [-0.25, -0.2) is 0 Å². The Balaban J connectivity index is 0.00000264. The van der Waals surface area contributed by atoms with E-state index in [2.05, 4.69) is 27.6 Å². The number of likely N-dealkylation sites (tertiary alicyclic amines) is 1. The van der Waals surface area contributed by atoms with E-state index in [0.29, 0.717) is 0 Å². The Kier molecular flexibility index (Phi) is 11.3. The van der Waals surface area contributed by atoms with Crippen LogP contribution in [0.4, 0.5) is 0 Å². The summed E-state index contributed by atoms with van der Waals surface area (Å²) in [5, 5.41) is 6.97. The molecule has 0 aromatic rings. The van der Waals surface area contributed by atoms with Gasteiger partial charge >= 0.3 is 0 Å². The summed E-state index contributed by atoms with van der Waals surface area (Å²) < 4.78 is 0. The zero-order valence-corrected chi connectivity index (χ0v) is 17.5. The standard InChI is InChI=1S/C18H36N4.HI/c1-19-18(21-14-17-11-7-13-22(2)15-17)20-12-6-5-10-16-8-3-4-9-16;/h16-17H,3-15H2,1-2H3,(H2,19,20,21);1H. The highest BCUT2D eigenvalue weighted by Crippen LogP contribution is 2.28. The normalized spacial score (nSPS) is 23.6. The first-order valence-corrected chi connectivity index (χ1v) is 9.41. The maximum Gasteiger partial charge on any atom is 0.190 e. The average molecular weight is 436 g/mol. The minimum absolute atomic E-state index is 0. The molecule has 2 N–H and O–H groups in total. The van der Waals surface area contributed by atoms with Crippen LogP contribution in [0.2, 0.25) is 0 Å². The lowest BCUT2D eigenvalue weighted by Gasteiger charge is -2.30. The van der Waals surface area contributed by atoms with E-state index in [1.165, 1.54) is 70.9 Å². The van der Waals surface area contributed by atoms with Crippen LogP contribution >= 0.6 is 24.0 Å². The van der Waals surface area contributed by atoms with Crippen molar-refractivity contribution in [3.8, 4) is 0 Å². The Bertz CT molecular complexity index is 329. The molecule has 0 aromatic heterocycles. The van der Waals surface area contributed by atoms with Gasteiger partial charge in [0.1, 0.15) is 0 Å². The zero-order valence-electron chi connectivity index (χ0n) is 15.1. The number of piperidine rings is 1. The summed E-state index contributed by atoms with van der Waals surface area (Å²) in [5.74, 6) is 2.77. The molecule has 4 nitrogen and oxygen atoms in total. The third-order valence-corrected chi connectivity index (χ3v) is 5.31. The van der Waals surface area contributed by atoms with Crippen molar-refractivity contribution in [2.75, 3.05) is 40.3 Å². The summed E-state index contributed by atoms with van der Waals surface area (Å²) >= 11 is 0. The summed E-state index contributed by atoms with van der Waals surface area (Å²) in [6, 6.07) is 0. The number of nitrogens with one attached hydrogen (secondary N) is 2. The van der Waals surface area contributed by atoms with Gasteiger partial charge in [-0.15, -0.1) is 24.0 Å². The van der Waals surface area contributed by atoms with Gasteiger partial charge in [-0.1, -0.05) is 38.5 Å². The molecule has 1 unspecified atom stereocenters. The topological polar surface area (TPSA) is 39.7 Å². The van der Waals surface area contributed by atoms with Crippen molar-refractivity contribution in [2.24, 2.45) is 16.8 Å². The van der Waals surface area contributed by atoms with E-state index in [0.717, 1.165) is 30.9 Å². The molecule has 23 heavy (non-hydrogen) atoms. The van der Waals surface area contributed by atoms with E-state index >= 15 is 0 Å². The summed E-state index contributed by atoms with van der Waals surface area (Å²) in [5.41, 5.74) is 0. The fraction of sp³-hybridized carbons (Fsp3) is 0.944. The van der Waals surface area contributed by atoms with Crippen LogP contribution in [0.15, 0.2) is 4.99 Å². The molecular weight excluding hydrogens is 399 g/mol. The van der Waals surface area contributed by atoms with Crippen LogP contribution in [-0.2, 0) is 0 Å². The molecule has 2 rings (SSSR count). The molecule has 136 valence electrons. The molecule has 0 spiro atoms. The molecule has 2 aliphatic rings. The Labute approximate surface area is 160 Å². The van der Waals surface area contributed by atoms with E-state index in [-0.39, 0.29) is 24.0 Å². The minimum Gasteiger partial charge on any atom is -0.356 e. The van der Waals surface area contributed by atoms with Gasteiger partial charge in [0.05, 0.1) is 0 Å². The SMILES string of the molecule is CN=C(NCCCCC1CCCC1)NCC1CCCN(C)C1.I. The maximum absolute atomic E-state index is 4.35. The van der Waals surface area contributed by atoms with Crippen LogP contribution in [0, 0.1) is 11.8 Å². The first-order chi connectivity index (χ1) is 10.8. The van der Waals surface area contributed by atoms with Gasteiger partial charge in [0, 0.05) is 26.7 Å². The van der Waals surface area contributed by atoms with Crippen molar-refractivity contribution in [1.29, 1.82) is 0 Å². The number of halogens is 1. The van der Waals surface area contributed by atoms with Crippen molar-refractivity contribution in [2.45, 2.75) is 57.8 Å². The van der Waals surface area contributed by atoms with E-state index in [1.54, 1.807) is 0 Å². The van der Waals surface area contributed by atoms with Gasteiger partial charge in [0.15, 0.2) is 5.96 Å². The highest BCUT2D eigenvalue weighted by molar-refractivity contribution is 14.0. The lowest BCUT2D eigenvalue weighted by Crippen LogP contribution is -2.43. The third-order valence-electron chi connectivity index (χ3n) is 5.31. The van der Waals surface area contributed by atoms with Crippen molar-refractivity contribution in [3.05, 3.63) is 0 Å². The zero-order chi connectivity index (χ0) is 15.6. The molecule has 1 heterocycles. The van der Waals surface area contributed by atoms with Crippen LogP contribution in [0.5, 0.6) is 0 Å². The van der Waals surface area contributed by atoms with Crippen molar-refractivity contribution >= 4 is 29.9 Å². The fourth-order valence-electron chi connectivity index (χ4n) is 3.97. The number of guanidine groups is 1. The lowest BCUT2D eigenvalue weighted by atomic mass is 9.99. The molecule has 1 aliphatic carbocycles. The predicted molar refractivity (Wildman–Crippen MR) is 111 cm³/mol. The minimum atomic E-state index is 0. The second-order valence-corrected chi connectivity index (χ2v) is 7.30. The van der Waals surface area contributed by atoms with Gasteiger partial charge in [-0.3, -0.25) is 4.99 Å². The molecule has 2 fully saturated rings. The Hall–Kier alpha value is -0.0400. The fourth-order valence-corrected chi connectivity index (χ4v) is 3.97. The first kappa shape index (κ1) is 21.0. The second-order valence-electron chi connectivity index (χ2n) is 7.30. The van der Waals surface area contributed by atoms with Gasteiger partial charge in [0.25, 0.3) is 0 Å². The van der Waals surface area contributed by atoms with Crippen molar-refractivity contribution < 1.29 is 0 Å². The number of hydrogen-bond donors (Lipinski definition) is 2. The van der Waals surface area contributed by atoms with E-state index in [1.807, 2.05) is 7.05 Å². The second kappa shape index (κ2) is 12.3. The highest BCUT2D eigenvalue weighted by atomic mass is 127. The molecule has 1 aliphatic heterocycles. The average Bonchev–Trinajstić information content (AvgIpc) is 3.03. The number of nitrogens with zero attached hydrogens (tertiary/aromatic N) is 2. The number of unbranched alkanes of at least 4 members (excludes halogenated alkanes) is 1. The molecule has 1 saturated heterocycles. The molecule has 1 saturated carbocycles. The molecule has 0 radical (unpaired) electrons. The molecule has 5 heteroatoms. The number of aliphatic imine (C=N–C) groups is 1. The van der Waals surface area contributed by atoms with E-state index in [9.17, 15) is 0 Å². The predicted octanol–water partition coefficient (Wildman–Crippen LogP) is 3.47. The molecular formula is C18H37IN4. The van der Waals surface area contributed by atoms with Gasteiger partial charge in [0.2, 0.25) is 0 Å². The summed E-state index contributed by atoms with van der Waals surface area (Å²) in [6.45, 7) is 4.57. The summed E-state index contributed by atoms with van der Waals surface area (Å²) in [7, 11) is 4.10. The summed E-state index contributed by atoms with van der Waals surface area (Å²) in [6.07, 6.45) is 12.6. The molecule has 0 aromatic carbocycles. The Morgan fingerprint density at radius 3 is 2.48 bits per heavy atom. The van der Waals surface area contributed by atoms with Crippen molar-refractivity contribution in [1.82, 2.24) is 15.5 Å². The van der Waals surface area contributed by atoms with Crippen LogP contribution in [0.25, 0.3) is 0 Å². The monoisotopic (exact) mass is 436 g/mol. The number of rotatable bonds is 7. The van der Waals surface area contributed by atoms with Crippen LogP contribution in [0.3, 0.4) is 0 Å². The molecule has 1 atom stereocenters. The Morgan fingerprint density at radius 2 is 1.78 bits per heavy atom. The smallest absolute Gasteiger partial charge is 0.190 e. The van der Waals surface area contributed by atoms with Gasteiger partial charge in [-0.05, 0) is 44.7 Å². The quantitative estimate of drug-likeness (QED) is 0.278. The number of hydrogen-bond acceptors (Lipinski definition) is 2. The van der Waals surface area contributed by atoms with Crippen LogP contribution < -0.4 is 10.6 Å². The highest BCUT2D eigenvalue weighted by Gasteiger charge is 2.17. The largest absolute Gasteiger partial charge is 0.356 e. The summed E-state index contributed by atoms with van der Waals surface area (Å²) in [4.78, 5) is 6.79.